The van der Waals surface area contributed by atoms with Crippen LogP contribution in [0.2, 0.25) is 0 Å². The molecule has 9 nitrogen and oxygen atoms in total. The molecule has 5 rings (SSSR count). The molecule has 1 saturated heterocycles. The second kappa shape index (κ2) is 11.8. The summed E-state index contributed by atoms with van der Waals surface area (Å²) in [6.45, 7) is 5.17. The van der Waals surface area contributed by atoms with E-state index in [1.165, 1.54) is 12.1 Å². The van der Waals surface area contributed by atoms with Crippen molar-refractivity contribution in [3.8, 4) is 22.5 Å². The number of anilines is 3. The van der Waals surface area contributed by atoms with Crippen LogP contribution in [0.15, 0.2) is 60.9 Å². The molecule has 4 N–H and O–H groups in total. The molecule has 3 heterocycles. The first-order valence-electron chi connectivity index (χ1n) is 13.5. The summed E-state index contributed by atoms with van der Waals surface area (Å²) in [5.41, 5.74) is 9.08. The molecule has 0 unspecified atom stereocenters. The number of halogens is 3. The summed E-state index contributed by atoms with van der Waals surface area (Å²) in [5, 5.41) is 5.13. The lowest BCUT2D eigenvalue weighted by Gasteiger charge is -2.33. The number of carbonyl (C=O) groups excluding carboxylic acids is 1. The van der Waals surface area contributed by atoms with Crippen molar-refractivity contribution in [1.82, 2.24) is 24.3 Å². The lowest BCUT2D eigenvalue weighted by Crippen LogP contribution is -2.44. The normalized spacial score (nSPS) is 14.6. The number of amides is 2. The molecule has 0 atom stereocenters. The summed E-state index contributed by atoms with van der Waals surface area (Å²) in [5.74, 6) is 1.30. The van der Waals surface area contributed by atoms with E-state index in [9.17, 15) is 18.0 Å². The second-order valence-corrected chi connectivity index (χ2v) is 10.6. The lowest BCUT2D eigenvalue weighted by molar-refractivity contribution is -0.138. The zero-order valence-electron chi connectivity index (χ0n) is 23.7. The van der Waals surface area contributed by atoms with Gasteiger partial charge in [0.15, 0.2) is 5.82 Å². The Hall–Kier alpha value is -4.42. The highest BCUT2D eigenvalue weighted by Crippen LogP contribution is 2.35. The first-order valence-corrected chi connectivity index (χ1v) is 13.5. The molecule has 42 heavy (non-hydrogen) atoms. The Kier molecular flexibility index (Phi) is 8.19. The fourth-order valence-electron chi connectivity index (χ4n) is 5.13. The highest BCUT2D eigenvalue weighted by atomic mass is 19.4. The van der Waals surface area contributed by atoms with Crippen LogP contribution in [0.5, 0.6) is 0 Å². The second-order valence-electron chi connectivity index (χ2n) is 10.6. The van der Waals surface area contributed by atoms with E-state index in [0.717, 1.165) is 41.4 Å². The smallest absolute Gasteiger partial charge is 0.383 e. The van der Waals surface area contributed by atoms with Crippen molar-refractivity contribution in [1.29, 1.82) is 0 Å². The van der Waals surface area contributed by atoms with Crippen LogP contribution in [-0.2, 0) is 19.8 Å². The number of imidazole rings is 1. The molecule has 0 radical (unpaired) electrons. The van der Waals surface area contributed by atoms with Gasteiger partial charge in [0.2, 0.25) is 0 Å². The van der Waals surface area contributed by atoms with Gasteiger partial charge in [-0.2, -0.15) is 13.2 Å². The Morgan fingerprint density at radius 2 is 1.76 bits per heavy atom. The molecule has 0 aliphatic carbocycles. The number of aromatic nitrogens is 3. The predicted octanol–water partition coefficient (Wildman–Crippen LogP) is 5.45. The van der Waals surface area contributed by atoms with E-state index in [2.05, 4.69) is 25.5 Å². The van der Waals surface area contributed by atoms with Gasteiger partial charge in [-0.25, -0.2) is 14.8 Å². The van der Waals surface area contributed by atoms with Crippen molar-refractivity contribution in [3.05, 3.63) is 77.6 Å². The lowest BCUT2D eigenvalue weighted by atomic mass is 9.98. The summed E-state index contributed by atoms with van der Waals surface area (Å²) in [6, 6.07) is 12.8. The van der Waals surface area contributed by atoms with Crippen LogP contribution in [0.3, 0.4) is 0 Å². The van der Waals surface area contributed by atoms with Crippen molar-refractivity contribution in [2.75, 3.05) is 49.6 Å². The third-order valence-electron chi connectivity index (χ3n) is 7.39. The van der Waals surface area contributed by atoms with Crippen LogP contribution in [0, 0.1) is 6.92 Å². The first kappa shape index (κ1) is 29.1. The van der Waals surface area contributed by atoms with Crippen LogP contribution >= 0.6 is 0 Å². The van der Waals surface area contributed by atoms with Crippen molar-refractivity contribution in [2.45, 2.75) is 19.6 Å². The number of alkyl halides is 3. The minimum Gasteiger partial charge on any atom is -0.383 e. The van der Waals surface area contributed by atoms with Gasteiger partial charge < -0.3 is 20.5 Å². The molecule has 2 aromatic carbocycles. The number of benzene rings is 2. The van der Waals surface area contributed by atoms with Gasteiger partial charge in [0.25, 0.3) is 0 Å². The fourth-order valence-corrected chi connectivity index (χ4v) is 5.13. The topological polar surface area (TPSA) is 104 Å². The molecular weight excluding hydrogens is 545 g/mol. The third kappa shape index (κ3) is 6.55. The van der Waals surface area contributed by atoms with Crippen LogP contribution in [0.1, 0.15) is 16.7 Å². The number of piperazine rings is 1. The molecule has 1 aliphatic rings. The third-order valence-corrected chi connectivity index (χ3v) is 7.39. The highest BCUT2D eigenvalue weighted by molar-refractivity contribution is 5.99. The number of urea groups is 1. The van der Waals surface area contributed by atoms with E-state index in [-0.39, 0.29) is 23.6 Å². The molecular formula is C30H33F3N8O. The molecule has 1 aliphatic heterocycles. The van der Waals surface area contributed by atoms with Crippen LogP contribution in [0.25, 0.3) is 22.5 Å². The quantitative estimate of drug-likeness (QED) is 0.281. The summed E-state index contributed by atoms with van der Waals surface area (Å²) in [6.07, 6.45) is -1.28. The van der Waals surface area contributed by atoms with Gasteiger partial charge >= 0.3 is 12.2 Å². The Labute approximate surface area is 242 Å². The van der Waals surface area contributed by atoms with E-state index in [0.29, 0.717) is 24.7 Å². The van der Waals surface area contributed by atoms with Crippen LogP contribution in [0.4, 0.5) is 35.3 Å². The number of nitrogens with two attached hydrogens (primary N) is 1. The number of carbonyl (C=O) groups is 1. The number of hydrogen-bond donors (Lipinski definition) is 3. The fraction of sp³-hybridized carbons (Fsp3) is 0.300. The SMILES string of the molecule is Cc1cc(-c2nc(NC(=O)Nc3ccc(CN4CCN(C)CC4)c(C(F)(F)F)c3)cn2C)ccc1-c1cccnc1N. The average molecular weight is 579 g/mol. The molecule has 1 fully saturated rings. The maximum absolute atomic E-state index is 13.9. The van der Waals surface area contributed by atoms with E-state index >= 15 is 0 Å². The zero-order valence-corrected chi connectivity index (χ0v) is 23.7. The Bertz CT molecular complexity index is 1590. The summed E-state index contributed by atoms with van der Waals surface area (Å²) in [4.78, 5) is 25.6. The number of nitrogen functional groups attached to an aromatic ring is 1. The summed E-state index contributed by atoms with van der Waals surface area (Å²) < 4.78 is 43.6. The molecule has 2 aromatic heterocycles. The zero-order chi connectivity index (χ0) is 30.0. The van der Waals surface area contributed by atoms with Gasteiger partial charge in [-0.1, -0.05) is 18.2 Å². The number of pyridine rings is 1. The van der Waals surface area contributed by atoms with Gasteiger partial charge in [0.05, 0.1) is 5.56 Å². The van der Waals surface area contributed by atoms with Crippen molar-refractivity contribution in [2.24, 2.45) is 7.05 Å². The van der Waals surface area contributed by atoms with Crippen LogP contribution in [-0.4, -0.2) is 63.6 Å². The maximum Gasteiger partial charge on any atom is 0.416 e. The number of nitrogens with zero attached hydrogens (tertiary/aromatic N) is 5. The van der Waals surface area contributed by atoms with Gasteiger partial charge in [0, 0.05) is 69.0 Å². The number of likely N-dealkylation sites (N-methyl/N-ethyl adjacent to an activating group) is 1. The summed E-state index contributed by atoms with van der Waals surface area (Å²) in [7, 11) is 3.79. The monoisotopic (exact) mass is 578 g/mol. The molecule has 220 valence electrons. The van der Waals surface area contributed by atoms with Gasteiger partial charge in [-0.05, 0) is 61.0 Å². The molecule has 0 spiro atoms. The number of aryl methyl sites for hydroxylation is 2. The minimum absolute atomic E-state index is 0.0407. The van der Waals surface area contributed by atoms with E-state index in [1.54, 1.807) is 24.0 Å². The Morgan fingerprint density at radius 1 is 1.00 bits per heavy atom. The molecule has 12 heteroatoms. The van der Waals surface area contributed by atoms with Crippen molar-refractivity contribution >= 4 is 23.4 Å². The van der Waals surface area contributed by atoms with Gasteiger partial charge in [-0.3, -0.25) is 10.2 Å². The van der Waals surface area contributed by atoms with Crippen LogP contribution < -0.4 is 16.4 Å². The van der Waals surface area contributed by atoms with Crippen molar-refractivity contribution in [3.63, 3.8) is 0 Å². The number of rotatable bonds is 6. The molecule has 4 aromatic rings. The molecule has 0 bridgehead atoms. The number of nitrogens with one attached hydrogen (secondary N) is 2. The average Bonchev–Trinajstić information content (AvgIpc) is 3.30. The van der Waals surface area contributed by atoms with E-state index < -0.39 is 17.8 Å². The van der Waals surface area contributed by atoms with Gasteiger partial charge in [0.1, 0.15) is 11.6 Å². The molecule has 2 amide bonds. The number of hydrogen-bond acceptors (Lipinski definition) is 6. The van der Waals surface area contributed by atoms with E-state index in [4.69, 9.17) is 5.73 Å². The first-order chi connectivity index (χ1) is 20.0. The van der Waals surface area contributed by atoms with E-state index in [1.807, 2.05) is 49.2 Å². The standard InChI is InChI=1S/C30H33F3N8O/c1-19-15-20(7-9-23(19)24-5-4-10-35-27(24)34)28-37-26(18-40(28)3)38-29(42)36-22-8-6-21(25(16-22)30(31,32)33)17-41-13-11-39(2)12-14-41/h4-10,15-16,18H,11-14,17H2,1-3H3,(H2,34,35)(H2,36,38,42). The Morgan fingerprint density at radius 3 is 2.45 bits per heavy atom. The highest BCUT2D eigenvalue weighted by Gasteiger charge is 2.34. The predicted molar refractivity (Wildman–Crippen MR) is 158 cm³/mol. The minimum atomic E-state index is -4.55. The van der Waals surface area contributed by atoms with Crippen molar-refractivity contribution < 1.29 is 18.0 Å². The Balaban J connectivity index is 1.28. The largest absolute Gasteiger partial charge is 0.416 e. The molecule has 0 saturated carbocycles. The maximum atomic E-state index is 13.9. The summed E-state index contributed by atoms with van der Waals surface area (Å²) >= 11 is 0. The van der Waals surface area contributed by atoms with Gasteiger partial charge in [-0.15, -0.1) is 0 Å².